The van der Waals surface area contributed by atoms with Crippen molar-refractivity contribution in [3.8, 4) is 0 Å². The lowest BCUT2D eigenvalue weighted by molar-refractivity contribution is 0.0398. The number of hydrogen-bond acceptors (Lipinski definition) is 8. The summed E-state index contributed by atoms with van der Waals surface area (Å²) in [5, 5.41) is 11.6. The van der Waals surface area contributed by atoms with Gasteiger partial charge in [-0.15, -0.1) is 5.10 Å². The van der Waals surface area contributed by atoms with E-state index in [-0.39, 0.29) is 5.82 Å². The molecule has 0 radical (unpaired) electrons. The average Bonchev–Trinajstić information content (AvgIpc) is 2.75. The number of para-hydroxylation sites is 1. The molecule has 2 saturated heterocycles. The Kier molecular flexibility index (Phi) is 6.13. The fraction of sp³-hybridized carbons (Fsp3) is 0.526. The third-order valence-electron chi connectivity index (χ3n) is 5.14. The van der Waals surface area contributed by atoms with E-state index < -0.39 is 0 Å². The van der Waals surface area contributed by atoms with Crippen LogP contribution in [0, 0.1) is 5.82 Å². The number of benzene rings is 1. The second-order valence-corrected chi connectivity index (χ2v) is 6.95. The molecule has 0 unspecified atom stereocenters. The molecular weight excluding hydrogens is 361 g/mol. The first-order chi connectivity index (χ1) is 13.8. The van der Waals surface area contributed by atoms with Crippen molar-refractivity contribution >= 4 is 17.5 Å². The molecule has 150 valence electrons. The number of nitrogens with zero attached hydrogens (tertiary/aromatic N) is 6. The fourth-order valence-electron chi connectivity index (χ4n) is 3.54. The van der Waals surface area contributed by atoms with Gasteiger partial charge in [-0.05, 0) is 12.1 Å². The summed E-state index contributed by atoms with van der Waals surface area (Å²) in [6.07, 6.45) is 1.65. The molecule has 9 heteroatoms. The number of anilines is 3. The molecule has 1 aromatic heterocycles. The van der Waals surface area contributed by atoms with Gasteiger partial charge in [-0.2, -0.15) is 10.1 Å². The van der Waals surface area contributed by atoms with Crippen LogP contribution in [0.5, 0.6) is 0 Å². The van der Waals surface area contributed by atoms with Gasteiger partial charge in [0.15, 0.2) is 5.82 Å². The van der Waals surface area contributed by atoms with Gasteiger partial charge >= 0.3 is 0 Å². The van der Waals surface area contributed by atoms with E-state index >= 15 is 0 Å². The maximum absolute atomic E-state index is 14.0. The smallest absolute Gasteiger partial charge is 0.247 e. The Balaban J connectivity index is 1.29. The van der Waals surface area contributed by atoms with Gasteiger partial charge in [-0.3, -0.25) is 4.90 Å². The molecule has 28 heavy (non-hydrogen) atoms. The number of nitrogens with one attached hydrogen (secondary N) is 1. The van der Waals surface area contributed by atoms with E-state index in [2.05, 4.69) is 35.2 Å². The predicted octanol–water partition coefficient (Wildman–Crippen LogP) is 1.08. The first kappa shape index (κ1) is 18.8. The van der Waals surface area contributed by atoms with Crippen LogP contribution in [-0.2, 0) is 4.74 Å². The lowest BCUT2D eigenvalue weighted by Crippen LogP contribution is -2.47. The van der Waals surface area contributed by atoms with Crippen LogP contribution in [0.25, 0.3) is 0 Å². The minimum Gasteiger partial charge on any atom is -0.379 e. The summed E-state index contributed by atoms with van der Waals surface area (Å²) in [7, 11) is 0. The molecule has 0 atom stereocenters. The van der Waals surface area contributed by atoms with Crippen molar-refractivity contribution in [3.05, 3.63) is 36.3 Å². The second-order valence-electron chi connectivity index (χ2n) is 6.95. The highest BCUT2D eigenvalue weighted by molar-refractivity contribution is 5.50. The first-order valence-corrected chi connectivity index (χ1v) is 9.78. The first-order valence-electron chi connectivity index (χ1n) is 9.78. The summed E-state index contributed by atoms with van der Waals surface area (Å²) in [6, 6.07) is 6.90. The molecule has 2 aliphatic heterocycles. The molecule has 1 N–H and O–H groups in total. The summed E-state index contributed by atoms with van der Waals surface area (Å²) in [6.45, 7) is 8.21. The van der Waals surface area contributed by atoms with E-state index in [9.17, 15) is 4.39 Å². The Morgan fingerprint density at radius 3 is 2.54 bits per heavy atom. The zero-order valence-electron chi connectivity index (χ0n) is 15.9. The van der Waals surface area contributed by atoms with Crippen LogP contribution in [0.4, 0.5) is 21.8 Å². The summed E-state index contributed by atoms with van der Waals surface area (Å²) in [5.74, 6) is 1.17. The second kappa shape index (κ2) is 9.11. The Morgan fingerprint density at radius 2 is 1.75 bits per heavy atom. The monoisotopic (exact) mass is 387 g/mol. The maximum atomic E-state index is 14.0. The van der Waals surface area contributed by atoms with Crippen molar-refractivity contribution < 1.29 is 9.13 Å². The molecule has 1 aromatic carbocycles. The number of aromatic nitrogens is 3. The predicted molar refractivity (Wildman–Crippen MR) is 106 cm³/mol. The van der Waals surface area contributed by atoms with Crippen LogP contribution in [0.3, 0.4) is 0 Å². The molecule has 2 aliphatic rings. The van der Waals surface area contributed by atoms with Crippen LogP contribution >= 0.6 is 0 Å². The Hall–Kier alpha value is -2.52. The Labute approximate surface area is 164 Å². The van der Waals surface area contributed by atoms with Crippen molar-refractivity contribution in [1.82, 2.24) is 20.1 Å². The summed E-state index contributed by atoms with van der Waals surface area (Å²) >= 11 is 0. The largest absolute Gasteiger partial charge is 0.379 e. The Bertz CT molecular complexity index is 763. The normalized spacial score (nSPS) is 18.3. The standard InChI is InChI=1S/C19H26FN7O/c20-16-3-1-2-4-17(16)26-7-9-27(10-8-26)19-23-18(15-22-24-19)21-5-6-25-11-13-28-14-12-25/h1-4,15H,5-14H2,(H,21,23,24). The molecule has 0 amide bonds. The Morgan fingerprint density at radius 1 is 1.00 bits per heavy atom. The third-order valence-corrected chi connectivity index (χ3v) is 5.14. The molecular formula is C19H26FN7O. The van der Waals surface area contributed by atoms with Gasteiger partial charge < -0.3 is 19.9 Å². The van der Waals surface area contributed by atoms with Crippen molar-refractivity contribution in [2.24, 2.45) is 0 Å². The van der Waals surface area contributed by atoms with Crippen molar-refractivity contribution in [2.45, 2.75) is 0 Å². The maximum Gasteiger partial charge on any atom is 0.247 e. The number of piperazine rings is 1. The minimum absolute atomic E-state index is 0.180. The highest BCUT2D eigenvalue weighted by Crippen LogP contribution is 2.21. The van der Waals surface area contributed by atoms with Gasteiger partial charge in [0.1, 0.15) is 5.82 Å². The minimum atomic E-state index is -0.180. The highest BCUT2D eigenvalue weighted by Gasteiger charge is 2.21. The van der Waals surface area contributed by atoms with E-state index in [0.29, 0.717) is 11.6 Å². The number of ether oxygens (including phenoxy) is 1. The zero-order chi connectivity index (χ0) is 19.2. The van der Waals surface area contributed by atoms with Gasteiger partial charge in [0.05, 0.1) is 25.1 Å². The number of morpholine rings is 1. The van der Waals surface area contributed by atoms with Crippen molar-refractivity contribution in [2.75, 3.05) is 80.7 Å². The van der Waals surface area contributed by atoms with Crippen LogP contribution in [0.2, 0.25) is 0 Å². The van der Waals surface area contributed by atoms with Gasteiger partial charge in [0.2, 0.25) is 5.95 Å². The quantitative estimate of drug-likeness (QED) is 0.790. The number of halogens is 1. The van der Waals surface area contributed by atoms with Gasteiger partial charge in [-0.25, -0.2) is 4.39 Å². The van der Waals surface area contributed by atoms with E-state index in [1.165, 1.54) is 6.07 Å². The number of rotatable bonds is 6. The molecule has 8 nitrogen and oxygen atoms in total. The zero-order valence-corrected chi connectivity index (χ0v) is 15.9. The molecule has 0 aliphatic carbocycles. The van der Waals surface area contributed by atoms with Crippen LogP contribution < -0.4 is 15.1 Å². The highest BCUT2D eigenvalue weighted by atomic mass is 19.1. The SMILES string of the molecule is Fc1ccccc1N1CCN(c2nncc(NCCN3CCOCC3)n2)CC1. The third kappa shape index (κ3) is 4.66. The molecule has 0 saturated carbocycles. The lowest BCUT2D eigenvalue weighted by atomic mass is 10.2. The van der Waals surface area contributed by atoms with Crippen molar-refractivity contribution in [3.63, 3.8) is 0 Å². The van der Waals surface area contributed by atoms with Crippen molar-refractivity contribution in [1.29, 1.82) is 0 Å². The van der Waals surface area contributed by atoms with Crippen LogP contribution in [0.15, 0.2) is 30.5 Å². The van der Waals surface area contributed by atoms with E-state index in [0.717, 1.165) is 71.4 Å². The molecule has 3 heterocycles. The van der Waals surface area contributed by atoms with Crippen LogP contribution in [0.1, 0.15) is 0 Å². The molecule has 0 spiro atoms. The molecule has 2 aromatic rings. The summed E-state index contributed by atoms with van der Waals surface area (Å²) in [5.41, 5.74) is 0.653. The summed E-state index contributed by atoms with van der Waals surface area (Å²) in [4.78, 5) is 11.1. The summed E-state index contributed by atoms with van der Waals surface area (Å²) < 4.78 is 19.4. The van der Waals surface area contributed by atoms with E-state index in [1.54, 1.807) is 12.3 Å². The van der Waals surface area contributed by atoms with E-state index in [1.807, 2.05) is 12.1 Å². The van der Waals surface area contributed by atoms with E-state index in [4.69, 9.17) is 4.74 Å². The molecule has 0 bridgehead atoms. The van der Waals surface area contributed by atoms with Gasteiger partial charge in [0, 0.05) is 52.4 Å². The molecule has 4 rings (SSSR count). The lowest BCUT2D eigenvalue weighted by Gasteiger charge is -2.36. The van der Waals surface area contributed by atoms with Gasteiger partial charge in [-0.1, -0.05) is 12.1 Å². The molecule has 2 fully saturated rings. The number of hydrogen-bond donors (Lipinski definition) is 1. The van der Waals surface area contributed by atoms with Crippen LogP contribution in [-0.4, -0.2) is 85.7 Å². The van der Waals surface area contributed by atoms with Gasteiger partial charge in [0.25, 0.3) is 0 Å². The topological polar surface area (TPSA) is 69.7 Å². The fourth-order valence-corrected chi connectivity index (χ4v) is 3.54. The average molecular weight is 387 g/mol.